The number of hydrogen-bond acceptors (Lipinski definition) is 7. The van der Waals surface area contributed by atoms with Gasteiger partial charge in [0.2, 0.25) is 5.75 Å². The van der Waals surface area contributed by atoms with Crippen molar-refractivity contribution in [2.24, 2.45) is 5.10 Å². The molecule has 0 fully saturated rings. The van der Waals surface area contributed by atoms with Crippen LogP contribution >= 0.6 is 0 Å². The van der Waals surface area contributed by atoms with Gasteiger partial charge in [0.15, 0.2) is 5.75 Å². The molecule has 0 spiro atoms. The van der Waals surface area contributed by atoms with Crippen LogP contribution in [-0.4, -0.2) is 33.8 Å². The summed E-state index contributed by atoms with van der Waals surface area (Å²) in [6.45, 7) is 3.68. The van der Waals surface area contributed by atoms with E-state index >= 15 is 0 Å². The van der Waals surface area contributed by atoms with Crippen molar-refractivity contribution in [3.63, 3.8) is 0 Å². The summed E-state index contributed by atoms with van der Waals surface area (Å²) < 4.78 is 34.7. The molecule has 1 N–H and O–H groups in total. The van der Waals surface area contributed by atoms with Gasteiger partial charge in [-0.3, -0.25) is 10.1 Å². The van der Waals surface area contributed by atoms with Crippen LogP contribution in [0.15, 0.2) is 40.3 Å². The summed E-state index contributed by atoms with van der Waals surface area (Å²) in [5, 5.41) is 14.9. The topological polar surface area (TPSA) is 120 Å². The Balaban J connectivity index is 2.31. The predicted molar refractivity (Wildman–Crippen MR) is 100 cm³/mol. The lowest BCUT2D eigenvalue weighted by Crippen LogP contribution is -2.18. The lowest BCUT2D eigenvalue weighted by atomic mass is 10.1. The molecule has 10 heteroatoms. The molecule has 0 amide bonds. The average Bonchev–Trinajstić information content (AvgIpc) is 2.62. The van der Waals surface area contributed by atoms with E-state index in [9.17, 15) is 18.5 Å². The van der Waals surface area contributed by atoms with E-state index in [1.165, 1.54) is 38.5 Å². The van der Waals surface area contributed by atoms with Crippen molar-refractivity contribution >= 4 is 21.9 Å². The first-order chi connectivity index (χ1) is 12.7. The molecule has 2 aromatic carbocycles. The lowest BCUT2D eigenvalue weighted by Gasteiger charge is -2.09. The predicted octanol–water partition coefficient (Wildman–Crippen LogP) is 2.54. The summed E-state index contributed by atoms with van der Waals surface area (Å²) in [7, 11) is -1.24. The van der Waals surface area contributed by atoms with E-state index in [0.717, 1.165) is 17.3 Å². The number of nitrogens with one attached hydrogen (secondary N) is 1. The molecule has 0 heterocycles. The van der Waals surface area contributed by atoms with Gasteiger partial charge in [-0.2, -0.15) is 13.5 Å². The van der Waals surface area contributed by atoms with Crippen molar-refractivity contribution in [3.05, 3.63) is 57.1 Å². The Bertz CT molecular complexity index is 1000. The summed E-state index contributed by atoms with van der Waals surface area (Å²) in [5.74, 6) is 0.0977. The summed E-state index contributed by atoms with van der Waals surface area (Å²) in [4.78, 5) is 12.7. The Hall–Kier alpha value is -3.14. The fourth-order valence-electron chi connectivity index (χ4n) is 2.28. The number of hydrazone groups is 1. The molecule has 0 saturated heterocycles. The van der Waals surface area contributed by atoms with Crippen LogP contribution in [0.5, 0.6) is 11.5 Å². The second kappa shape index (κ2) is 8.04. The highest BCUT2D eigenvalue weighted by Crippen LogP contribution is 2.37. The molecule has 27 heavy (non-hydrogen) atoms. The maximum atomic E-state index is 12.3. The highest BCUT2D eigenvalue weighted by Gasteiger charge is 2.21. The number of hydrogen-bond donors (Lipinski definition) is 1. The van der Waals surface area contributed by atoms with Crippen molar-refractivity contribution in [1.29, 1.82) is 0 Å². The number of benzene rings is 2. The number of ether oxygens (including phenoxy) is 2. The molecule has 0 unspecified atom stereocenters. The molecule has 2 aromatic rings. The largest absolute Gasteiger partial charge is 0.493 e. The maximum absolute atomic E-state index is 12.3. The van der Waals surface area contributed by atoms with Crippen LogP contribution in [-0.2, 0) is 10.0 Å². The first kappa shape index (κ1) is 20.2. The zero-order chi connectivity index (χ0) is 20.2. The van der Waals surface area contributed by atoms with E-state index in [0.29, 0.717) is 0 Å². The van der Waals surface area contributed by atoms with E-state index in [1.54, 1.807) is 13.0 Å². The van der Waals surface area contributed by atoms with Crippen molar-refractivity contribution in [2.75, 3.05) is 14.2 Å². The number of nitrogens with zero attached hydrogens (tertiary/aromatic N) is 2. The van der Waals surface area contributed by atoms with Crippen molar-refractivity contribution in [3.8, 4) is 11.5 Å². The van der Waals surface area contributed by atoms with Gasteiger partial charge in [-0.25, -0.2) is 4.83 Å². The molecule has 0 radical (unpaired) electrons. The Morgan fingerprint density at radius 2 is 1.81 bits per heavy atom. The van der Waals surface area contributed by atoms with E-state index in [-0.39, 0.29) is 27.6 Å². The standard InChI is InChI=1S/C17H19N3O6S/c1-11-5-6-14(7-12(11)2)27(23,24)19-18-10-13-8-15(20(21)22)17(26-4)16(9-13)25-3/h5-10,19H,1-4H3/b18-10+. The van der Waals surface area contributed by atoms with Crippen LogP contribution in [0.4, 0.5) is 5.69 Å². The van der Waals surface area contributed by atoms with E-state index < -0.39 is 14.9 Å². The van der Waals surface area contributed by atoms with Crippen LogP contribution in [0.1, 0.15) is 16.7 Å². The molecule has 144 valence electrons. The number of nitro benzene ring substituents is 1. The smallest absolute Gasteiger partial charge is 0.315 e. The molecular formula is C17H19N3O6S. The van der Waals surface area contributed by atoms with Gasteiger partial charge in [-0.1, -0.05) is 6.07 Å². The lowest BCUT2D eigenvalue weighted by molar-refractivity contribution is -0.385. The Morgan fingerprint density at radius 3 is 2.37 bits per heavy atom. The number of methoxy groups -OCH3 is 2. The molecule has 0 aliphatic heterocycles. The van der Waals surface area contributed by atoms with E-state index in [4.69, 9.17) is 9.47 Å². The summed E-state index contributed by atoms with van der Waals surface area (Å²) >= 11 is 0. The minimum absolute atomic E-state index is 0.0321. The molecule has 9 nitrogen and oxygen atoms in total. The number of nitro groups is 1. The Labute approximate surface area is 156 Å². The minimum atomic E-state index is -3.86. The SMILES string of the molecule is COc1cc(/C=N/NS(=O)(=O)c2ccc(C)c(C)c2)cc([N+](=O)[O-])c1OC. The Kier molecular flexibility index (Phi) is 6.01. The van der Waals surface area contributed by atoms with Crippen LogP contribution in [0.3, 0.4) is 0 Å². The first-order valence-corrected chi connectivity index (χ1v) is 9.20. The van der Waals surface area contributed by atoms with E-state index in [2.05, 4.69) is 9.93 Å². The fraction of sp³-hybridized carbons (Fsp3) is 0.235. The van der Waals surface area contributed by atoms with Crippen molar-refractivity contribution < 1.29 is 22.8 Å². The molecule has 0 bridgehead atoms. The van der Waals surface area contributed by atoms with Gasteiger partial charge < -0.3 is 9.47 Å². The van der Waals surface area contributed by atoms with Gasteiger partial charge in [0.05, 0.1) is 30.3 Å². The molecular weight excluding hydrogens is 374 g/mol. The van der Waals surface area contributed by atoms with Crippen LogP contribution in [0.2, 0.25) is 0 Å². The maximum Gasteiger partial charge on any atom is 0.315 e. The second-order valence-corrected chi connectivity index (χ2v) is 7.29. The van der Waals surface area contributed by atoms with Gasteiger partial charge in [0, 0.05) is 11.6 Å². The third-order valence-electron chi connectivity index (χ3n) is 3.85. The molecule has 2 rings (SSSR count). The van der Waals surface area contributed by atoms with Gasteiger partial charge in [0.1, 0.15) is 0 Å². The third-order valence-corrected chi connectivity index (χ3v) is 5.07. The normalized spacial score (nSPS) is 11.4. The second-order valence-electron chi connectivity index (χ2n) is 5.63. The average molecular weight is 393 g/mol. The zero-order valence-electron chi connectivity index (χ0n) is 15.2. The van der Waals surface area contributed by atoms with Gasteiger partial charge in [0.25, 0.3) is 10.0 Å². The monoisotopic (exact) mass is 393 g/mol. The molecule has 0 aliphatic carbocycles. The van der Waals surface area contributed by atoms with Gasteiger partial charge in [-0.15, -0.1) is 0 Å². The molecule has 0 aromatic heterocycles. The first-order valence-electron chi connectivity index (χ1n) is 7.72. The van der Waals surface area contributed by atoms with Crippen molar-refractivity contribution in [1.82, 2.24) is 4.83 Å². The minimum Gasteiger partial charge on any atom is -0.493 e. The van der Waals surface area contributed by atoms with E-state index in [1.807, 2.05) is 6.92 Å². The molecule has 0 atom stereocenters. The summed E-state index contributed by atoms with van der Waals surface area (Å²) in [5.41, 5.74) is 1.74. The quantitative estimate of drug-likeness (QED) is 0.438. The van der Waals surface area contributed by atoms with Crippen LogP contribution in [0, 0.1) is 24.0 Å². The van der Waals surface area contributed by atoms with Gasteiger partial charge >= 0.3 is 5.69 Å². The summed E-state index contributed by atoms with van der Waals surface area (Å²) in [6, 6.07) is 7.36. The number of sulfonamides is 1. The van der Waals surface area contributed by atoms with Crippen LogP contribution < -0.4 is 14.3 Å². The Morgan fingerprint density at radius 1 is 1.11 bits per heavy atom. The highest BCUT2D eigenvalue weighted by molar-refractivity contribution is 7.89. The summed E-state index contributed by atoms with van der Waals surface area (Å²) in [6.07, 6.45) is 1.15. The number of aryl methyl sites for hydroxylation is 2. The molecule has 0 saturated carbocycles. The fourth-order valence-corrected chi connectivity index (χ4v) is 3.16. The molecule has 0 aliphatic rings. The van der Waals surface area contributed by atoms with Crippen molar-refractivity contribution in [2.45, 2.75) is 18.7 Å². The van der Waals surface area contributed by atoms with Crippen LogP contribution in [0.25, 0.3) is 0 Å². The third kappa shape index (κ3) is 4.53. The zero-order valence-corrected chi connectivity index (χ0v) is 16.0. The number of rotatable bonds is 7. The van der Waals surface area contributed by atoms with Gasteiger partial charge in [-0.05, 0) is 43.2 Å². The highest BCUT2D eigenvalue weighted by atomic mass is 32.2.